The first kappa shape index (κ1) is 26.0. The van der Waals surface area contributed by atoms with Crippen molar-refractivity contribution >= 4 is 57.1 Å². The highest BCUT2D eigenvalue weighted by Crippen LogP contribution is 2.36. The van der Waals surface area contributed by atoms with E-state index in [-0.39, 0.29) is 24.4 Å². The monoisotopic (exact) mass is 592 g/mol. The van der Waals surface area contributed by atoms with Crippen molar-refractivity contribution in [3.05, 3.63) is 97.3 Å². The lowest BCUT2D eigenvalue weighted by molar-refractivity contribution is -0.123. The van der Waals surface area contributed by atoms with Crippen LogP contribution in [0.25, 0.3) is 6.08 Å². The number of carbonyl (C=O) groups excluding carboxylic acids is 2. The summed E-state index contributed by atoms with van der Waals surface area (Å²) in [5.74, 6) is -0.154. The van der Waals surface area contributed by atoms with Crippen LogP contribution in [0.5, 0.6) is 11.5 Å². The van der Waals surface area contributed by atoms with Crippen LogP contribution < -0.4 is 14.8 Å². The van der Waals surface area contributed by atoms with Gasteiger partial charge in [-0.05, 0) is 48.9 Å². The van der Waals surface area contributed by atoms with Gasteiger partial charge in [-0.2, -0.15) is 0 Å². The van der Waals surface area contributed by atoms with Gasteiger partial charge in [0, 0.05) is 25.6 Å². The Morgan fingerprint density at radius 2 is 1.78 bits per heavy atom. The van der Waals surface area contributed by atoms with Gasteiger partial charge >= 0.3 is 6.03 Å². The summed E-state index contributed by atoms with van der Waals surface area (Å²) in [7, 11) is 0. The van der Waals surface area contributed by atoms with Gasteiger partial charge in [0.2, 0.25) is 0 Å². The molecule has 3 aromatic carbocycles. The number of urea groups is 1. The van der Waals surface area contributed by atoms with Gasteiger partial charge in [0.1, 0.15) is 18.1 Å². The van der Waals surface area contributed by atoms with Crippen LogP contribution in [0, 0.1) is 5.82 Å². The van der Waals surface area contributed by atoms with Gasteiger partial charge in [-0.25, -0.2) is 9.18 Å². The molecule has 3 aromatic rings. The molecule has 1 aliphatic heterocycles. The first-order valence-corrected chi connectivity index (χ1v) is 12.4. The third-order valence-corrected chi connectivity index (χ3v) is 6.58. The minimum atomic E-state index is -0.629. The Hall–Kier alpha value is -3.07. The number of imide groups is 1. The Balaban J connectivity index is 1.57. The summed E-state index contributed by atoms with van der Waals surface area (Å²) in [4.78, 5) is 26.3. The van der Waals surface area contributed by atoms with Crippen LogP contribution in [-0.4, -0.2) is 23.4 Å². The van der Waals surface area contributed by atoms with Gasteiger partial charge < -0.3 is 14.8 Å². The molecule has 1 N–H and O–H groups in total. The van der Waals surface area contributed by atoms with E-state index in [9.17, 15) is 14.0 Å². The predicted octanol–water partition coefficient (Wildman–Crippen LogP) is 6.97. The molecule has 1 heterocycles. The molecule has 36 heavy (non-hydrogen) atoms. The number of hydrogen-bond donors (Lipinski definition) is 1. The molecule has 0 bridgehead atoms. The highest BCUT2D eigenvalue weighted by molar-refractivity contribution is 9.10. The summed E-state index contributed by atoms with van der Waals surface area (Å²) < 4.78 is 26.3. The molecule has 0 atom stereocenters. The lowest BCUT2D eigenvalue weighted by atomic mass is 10.1. The summed E-state index contributed by atoms with van der Waals surface area (Å²) in [5.41, 5.74) is 1.62. The van der Waals surface area contributed by atoms with Crippen LogP contribution >= 0.6 is 39.1 Å². The number of carbonyl (C=O) groups is 2. The molecule has 3 amide bonds. The van der Waals surface area contributed by atoms with Crippen molar-refractivity contribution < 1.29 is 23.5 Å². The topological polar surface area (TPSA) is 67.9 Å². The molecule has 0 aliphatic carbocycles. The van der Waals surface area contributed by atoms with Crippen LogP contribution in [0.15, 0.2) is 64.8 Å². The van der Waals surface area contributed by atoms with Crippen LogP contribution in [0.1, 0.15) is 23.6 Å². The number of nitrogens with one attached hydrogen (secondary N) is 1. The van der Waals surface area contributed by atoms with E-state index in [1.807, 2.05) is 6.92 Å². The Labute approximate surface area is 225 Å². The van der Waals surface area contributed by atoms with Gasteiger partial charge in [-0.15, -0.1) is 0 Å². The van der Waals surface area contributed by atoms with Crippen molar-refractivity contribution in [1.29, 1.82) is 0 Å². The molecule has 0 radical (unpaired) electrons. The molecular weight excluding hydrogens is 574 g/mol. The maximum atomic E-state index is 14.0. The average Bonchev–Trinajstić information content (AvgIpc) is 3.09. The fraction of sp³-hybridized carbons (Fsp3) is 0.154. The van der Waals surface area contributed by atoms with Crippen molar-refractivity contribution in [1.82, 2.24) is 10.2 Å². The molecule has 0 aromatic heterocycles. The van der Waals surface area contributed by atoms with Crippen molar-refractivity contribution in [2.45, 2.75) is 20.1 Å². The van der Waals surface area contributed by atoms with Gasteiger partial charge in [-0.1, -0.05) is 63.4 Å². The Bertz CT molecular complexity index is 1370. The number of hydrogen-bond acceptors (Lipinski definition) is 4. The van der Waals surface area contributed by atoms with Crippen molar-refractivity contribution in [3.63, 3.8) is 0 Å². The summed E-state index contributed by atoms with van der Waals surface area (Å²) >= 11 is 15.7. The molecule has 1 saturated heterocycles. The molecule has 0 unspecified atom stereocenters. The second kappa shape index (κ2) is 11.3. The Morgan fingerprint density at radius 3 is 2.50 bits per heavy atom. The number of amides is 3. The van der Waals surface area contributed by atoms with E-state index in [1.165, 1.54) is 18.2 Å². The standard InChI is InChI=1S/C26H20BrCl2FN2O4/c1-2-35-23-10-17(19(27)12-24(23)36-14-16-7-8-18(28)11-20(16)29)9-22-25(33)32(26(34)31-22)13-15-5-3-4-6-21(15)30/h3-12H,2,13-14H2,1H3,(H,31,34)/b22-9+. The van der Waals surface area contributed by atoms with E-state index in [0.717, 1.165) is 10.5 Å². The molecule has 186 valence electrons. The molecule has 1 aliphatic rings. The maximum Gasteiger partial charge on any atom is 0.329 e. The third kappa shape index (κ3) is 5.83. The molecule has 10 heteroatoms. The van der Waals surface area contributed by atoms with Crippen LogP contribution in [0.2, 0.25) is 10.0 Å². The highest BCUT2D eigenvalue weighted by Gasteiger charge is 2.34. The maximum absolute atomic E-state index is 14.0. The smallest absolute Gasteiger partial charge is 0.329 e. The average molecular weight is 594 g/mol. The minimum Gasteiger partial charge on any atom is -0.490 e. The van der Waals surface area contributed by atoms with Gasteiger partial charge in [0.15, 0.2) is 11.5 Å². The van der Waals surface area contributed by atoms with E-state index in [2.05, 4.69) is 21.2 Å². The first-order valence-electron chi connectivity index (χ1n) is 10.9. The summed E-state index contributed by atoms with van der Waals surface area (Å²) in [6.07, 6.45) is 1.52. The van der Waals surface area contributed by atoms with Crippen molar-refractivity contribution in [2.75, 3.05) is 6.61 Å². The lowest BCUT2D eigenvalue weighted by Gasteiger charge is -2.15. The van der Waals surface area contributed by atoms with Crippen LogP contribution in [0.3, 0.4) is 0 Å². The number of benzene rings is 3. The zero-order chi connectivity index (χ0) is 25.8. The van der Waals surface area contributed by atoms with Crippen molar-refractivity contribution in [3.8, 4) is 11.5 Å². The van der Waals surface area contributed by atoms with E-state index in [0.29, 0.717) is 38.2 Å². The molecule has 0 saturated carbocycles. The van der Waals surface area contributed by atoms with Gasteiger partial charge in [0.05, 0.1) is 13.2 Å². The predicted molar refractivity (Wildman–Crippen MR) is 140 cm³/mol. The van der Waals surface area contributed by atoms with E-state index < -0.39 is 17.8 Å². The van der Waals surface area contributed by atoms with E-state index >= 15 is 0 Å². The highest BCUT2D eigenvalue weighted by atomic mass is 79.9. The lowest BCUT2D eigenvalue weighted by Crippen LogP contribution is -2.30. The fourth-order valence-corrected chi connectivity index (χ4v) is 4.40. The second-order valence-corrected chi connectivity index (χ2v) is 9.45. The fourth-order valence-electron chi connectivity index (χ4n) is 3.50. The van der Waals surface area contributed by atoms with Gasteiger partial charge in [0.25, 0.3) is 5.91 Å². The zero-order valence-corrected chi connectivity index (χ0v) is 22.1. The van der Waals surface area contributed by atoms with Crippen LogP contribution in [0.4, 0.5) is 9.18 Å². The molecular formula is C26H20BrCl2FN2O4. The zero-order valence-electron chi connectivity index (χ0n) is 19.0. The third-order valence-electron chi connectivity index (χ3n) is 5.31. The summed E-state index contributed by atoms with van der Waals surface area (Å²) in [6.45, 7) is 2.21. The molecule has 0 spiro atoms. The minimum absolute atomic E-state index is 0.0566. The normalized spacial score (nSPS) is 14.4. The molecule has 6 nitrogen and oxygen atoms in total. The van der Waals surface area contributed by atoms with Gasteiger partial charge in [-0.3, -0.25) is 9.69 Å². The quantitative estimate of drug-likeness (QED) is 0.226. The first-order chi connectivity index (χ1) is 17.3. The summed E-state index contributed by atoms with van der Waals surface area (Å²) in [5, 5.41) is 3.56. The molecule has 4 rings (SSSR count). The number of halogens is 4. The van der Waals surface area contributed by atoms with Crippen LogP contribution in [-0.2, 0) is 17.9 Å². The number of rotatable bonds is 8. The van der Waals surface area contributed by atoms with E-state index in [4.69, 9.17) is 32.7 Å². The SMILES string of the molecule is CCOc1cc(/C=C2/NC(=O)N(Cc3ccccc3F)C2=O)c(Br)cc1OCc1ccc(Cl)cc1Cl. The van der Waals surface area contributed by atoms with Crippen molar-refractivity contribution in [2.24, 2.45) is 0 Å². The Morgan fingerprint density at radius 1 is 1.03 bits per heavy atom. The largest absolute Gasteiger partial charge is 0.490 e. The van der Waals surface area contributed by atoms with E-state index in [1.54, 1.807) is 42.5 Å². The second-order valence-electron chi connectivity index (χ2n) is 7.75. The Kier molecular flexibility index (Phi) is 8.18. The number of nitrogens with zero attached hydrogens (tertiary/aromatic N) is 1. The summed E-state index contributed by atoms with van der Waals surface area (Å²) in [6, 6.07) is 13.9. The number of ether oxygens (including phenoxy) is 2. The molecule has 1 fully saturated rings.